The average Bonchev–Trinajstić information content (AvgIpc) is 2.55. The Morgan fingerprint density at radius 1 is 1.67 bits per heavy atom. The van der Waals surface area contributed by atoms with Crippen LogP contribution >= 0.6 is 0 Å². The Hall–Kier alpha value is -1.25. The first kappa shape index (κ1) is 8.84. The zero-order valence-corrected chi connectivity index (χ0v) is 7.50. The molecule has 0 atom stereocenters. The second-order valence-electron chi connectivity index (χ2n) is 2.74. The summed E-state index contributed by atoms with van der Waals surface area (Å²) >= 11 is 0. The van der Waals surface area contributed by atoms with Gasteiger partial charge < -0.3 is 9.32 Å². The van der Waals surface area contributed by atoms with E-state index in [9.17, 15) is 0 Å². The molecule has 0 fully saturated rings. The van der Waals surface area contributed by atoms with Gasteiger partial charge in [0.2, 0.25) is 0 Å². The molecule has 0 aliphatic rings. The summed E-state index contributed by atoms with van der Waals surface area (Å²) in [6.07, 6.45) is 2.41. The highest BCUT2D eigenvalue weighted by Gasteiger charge is 2.03. The zero-order chi connectivity index (χ0) is 8.97. The second kappa shape index (κ2) is 3.95. The van der Waals surface area contributed by atoms with E-state index in [0.717, 1.165) is 12.2 Å². The van der Waals surface area contributed by atoms with Crippen LogP contribution in [0, 0.1) is 5.41 Å². The van der Waals surface area contributed by atoms with Gasteiger partial charge >= 0.3 is 0 Å². The Kier molecular flexibility index (Phi) is 2.91. The van der Waals surface area contributed by atoms with Gasteiger partial charge in [-0.15, -0.1) is 0 Å². The third-order valence-corrected chi connectivity index (χ3v) is 1.77. The maximum atomic E-state index is 7.53. The fourth-order valence-corrected chi connectivity index (χ4v) is 1.00. The van der Waals surface area contributed by atoms with Gasteiger partial charge in [-0.1, -0.05) is 6.92 Å². The Bertz CT molecular complexity index is 241. The third kappa shape index (κ3) is 2.12. The van der Waals surface area contributed by atoms with Crippen LogP contribution in [0.4, 0.5) is 0 Å². The molecular formula is C9H14N2O. The molecule has 0 aliphatic heterocycles. The molecule has 3 heteroatoms. The van der Waals surface area contributed by atoms with Gasteiger partial charge in [-0.3, -0.25) is 5.41 Å². The predicted octanol–water partition coefficient (Wildman–Crippen LogP) is 2.10. The van der Waals surface area contributed by atoms with Crippen LogP contribution in [0.1, 0.15) is 19.1 Å². The molecule has 0 spiro atoms. The van der Waals surface area contributed by atoms with Crippen molar-refractivity contribution in [3.8, 4) is 0 Å². The van der Waals surface area contributed by atoms with E-state index in [0.29, 0.717) is 12.4 Å². The summed E-state index contributed by atoms with van der Waals surface area (Å²) in [7, 11) is 1.90. The minimum absolute atomic E-state index is 0.631. The van der Waals surface area contributed by atoms with Gasteiger partial charge in [0.05, 0.1) is 18.6 Å². The first-order valence-electron chi connectivity index (χ1n) is 4.05. The monoisotopic (exact) mass is 166 g/mol. The first-order chi connectivity index (χ1) is 5.74. The van der Waals surface area contributed by atoms with Crippen molar-refractivity contribution in [1.82, 2.24) is 4.90 Å². The fraction of sp³-hybridized carbons (Fsp3) is 0.444. The molecule has 1 N–H and O–H groups in total. The molecule has 0 unspecified atom stereocenters. The molecule has 12 heavy (non-hydrogen) atoms. The van der Waals surface area contributed by atoms with E-state index in [1.807, 2.05) is 31.0 Å². The van der Waals surface area contributed by atoms with Gasteiger partial charge in [-0.05, 0) is 12.1 Å². The number of rotatable bonds is 3. The summed E-state index contributed by atoms with van der Waals surface area (Å²) in [5, 5.41) is 7.53. The summed E-state index contributed by atoms with van der Waals surface area (Å²) < 4.78 is 5.16. The van der Waals surface area contributed by atoms with Crippen molar-refractivity contribution in [2.45, 2.75) is 19.9 Å². The van der Waals surface area contributed by atoms with Gasteiger partial charge in [0.15, 0.2) is 0 Å². The summed E-state index contributed by atoms with van der Waals surface area (Å²) in [5.41, 5.74) is 0. The molecule has 0 aromatic carbocycles. The van der Waals surface area contributed by atoms with E-state index in [2.05, 4.69) is 0 Å². The van der Waals surface area contributed by atoms with E-state index in [-0.39, 0.29) is 0 Å². The zero-order valence-electron chi connectivity index (χ0n) is 7.50. The van der Waals surface area contributed by atoms with Crippen LogP contribution in [0.5, 0.6) is 0 Å². The first-order valence-corrected chi connectivity index (χ1v) is 4.05. The topological polar surface area (TPSA) is 40.2 Å². The van der Waals surface area contributed by atoms with Gasteiger partial charge in [0, 0.05) is 13.5 Å². The Balaban J connectivity index is 2.47. The molecule has 1 aromatic heterocycles. The van der Waals surface area contributed by atoms with Gasteiger partial charge in [-0.25, -0.2) is 0 Å². The van der Waals surface area contributed by atoms with Crippen molar-refractivity contribution in [2.24, 2.45) is 0 Å². The highest BCUT2D eigenvalue weighted by molar-refractivity contribution is 5.78. The largest absolute Gasteiger partial charge is 0.467 e. The number of nitrogens with one attached hydrogen (secondary N) is 1. The third-order valence-electron chi connectivity index (χ3n) is 1.77. The molecule has 3 nitrogen and oxygen atoms in total. The van der Waals surface area contributed by atoms with E-state index in [1.54, 1.807) is 6.26 Å². The summed E-state index contributed by atoms with van der Waals surface area (Å²) in [6, 6.07) is 3.78. The maximum Gasteiger partial charge on any atom is 0.123 e. The lowest BCUT2D eigenvalue weighted by atomic mass is 10.3. The molecule has 0 saturated carbocycles. The maximum absolute atomic E-state index is 7.53. The van der Waals surface area contributed by atoms with Gasteiger partial charge in [-0.2, -0.15) is 0 Å². The Labute approximate surface area is 72.5 Å². The Morgan fingerprint density at radius 3 is 2.92 bits per heavy atom. The molecule has 0 radical (unpaired) electrons. The van der Waals surface area contributed by atoms with Crippen LogP contribution in [0.25, 0.3) is 0 Å². The van der Waals surface area contributed by atoms with Crippen molar-refractivity contribution >= 4 is 5.84 Å². The average molecular weight is 166 g/mol. The number of nitrogens with zero attached hydrogens (tertiary/aromatic N) is 1. The summed E-state index contributed by atoms with van der Waals surface area (Å²) in [5.74, 6) is 1.53. The standard InChI is InChI=1S/C9H14N2O/c1-3-9(10)11(2)7-8-5-4-6-12-8/h4-6,10H,3,7H2,1-2H3. The number of amidine groups is 1. The van der Waals surface area contributed by atoms with Crippen LogP contribution in [-0.2, 0) is 6.54 Å². The lowest BCUT2D eigenvalue weighted by Gasteiger charge is -2.16. The second-order valence-corrected chi connectivity index (χ2v) is 2.74. The quantitative estimate of drug-likeness (QED) is 0.551. The van der Waals surface area contributed by atoms with E-state index in [1.165, 1.54) is 0 Å². The predicted molar refractivity (Wildman–Crippen MR) is 48.2 cm³/mol. The van der Waals surface area contributed by atoms with Crippen molar-refractivity contribution < 1.29 is 4.42 Å². The number of hydrogen-bond donors (Lipinski definition) is 1. The smallest absolute Gasteiger partial charge is 0.123 e. The van der Waals surface area contributed by atoms with Crippen LogP contribution in [0.15, 0.2) is 22.8 Å². The molecule has 0 saturated heterocycles. The SMILES string of the molecule is CCC(=N)N(C)Cc1ccco1. The van der Waals surface area contributed by atoms with Crippen LogP contribution in [0.3, 0.4) is 0 Å². The van der Waals surface area contributed by atoms with Crippen molar-refractivity contribution in [1.29, 1.82) is 5.41 Å². The normalized spacial score (nSPS) is 9.83. The minimum atomic E-state index is 0.631. The summed E-state index contributed by atoms with van der Waals surface area (Å²) in [6.45, 7) is 2.65. The molecule has 0 bridgehead atoms. The highest BCUT2D eigenvalue weighted by Crippen LogP contribution is 2.04. The minimum Gasteiger partial charge on any atom is -0.467 e. The molecule has 1 aromatic rings. The fourth-order valence-electron chi connectivity index (χ4n) is 1.00. The van der Waals surface area contributed by atoms with Crippen molar-refractivity contribution in [3.05, 3.63) is 24.2 Å². The molecular weight excluding hydrogens is 152 g/mol. The van der Waals surface area contributed by atoms with Crippen molar-refractivity contribution in [3.63, 3.8) is 0 Å². The molecule has 1 rings (SSSR count). The van der Waals surface area contributed by atoms with Gasteiger partial charge in [0.1, 0.15) is 5.76 Å². The molecule has 0 amide bonds. The van der Waals surface area contributed by atoms with Gasteiger partial charge in [0.25, 0.3) is 0 Å². The van der Waals surface area contributed by atoms with E-state index >= 15 is 0 Å². The van der Waals surface area contributed by atoms with Crippen LogP contribution in [-0.4, -0.2) is 17.8 Å². The summed E-state index contributed by atoms with van der Waals surface area (Å²) in [4.78, 5) is 1.87. The molecule has 66 valence electrons. The molecule has 1 heterocycles. The lowest BCUT2D eigenvalue weighted by molar-refractivity contribution is 0.404. The number of hydrogen-bond acceptors (Lipinski definition) is 2. The van der Waals surface area contributed by atoms with Crippen LogP contribution < -0.4 is 0 Å². The molecule has 0 aliphatic carbocycles. The van der Waals surface area contributed by atoms with E-state index < -0.39 is 0 Å². The lowest BCUT2D eigenvalue weighted by Crippen LogP contribution is -2.24. The van der Waals surface area contributed by atoms with Crippen molar-refractivity contribution in [2.75, 3.05) is 7.05 Å². The highest BCUT2D eigenvalue weighted by atomic mass is 16.3. The number of furan rings is 1. The Morgan fingerprint density at radius 2 is 2.42 bits per heavy atom. The van der Waals surface area contributed by atoms with E-state index in [4.69, 9.17) is 9.83 Å². The van der Waals surface area contributed by atoms with Crippen LogP contribution in [0.2, 0.25) is 0 Å².